The summed E-state index contributed by atoms with van der Waals surface area (Å²) in [5.74, 6) is 1.05. The molecule has 0 saturated heterocycles. The summed E-state index contributed by atoms with van der Waals surface area (Å²) in [6.07, 6.45) is 0. The van der Waals surface area contributed by atoms with E-state index >= 15 is 0 Å². The molecule has 1 N–H and O–H groups in total. The largest absolute Gasteiger partial charge is 0.332 e. The lowest BCUT2D eigenvalue weighted by atomic mass is 10.2. The predicted molar refractivity (Wildman–Crippen MR) is 66.9 cm³/mol. The van der Waals surface area contributed by atoms with E-state index < -0.39 is 0 Å². The van der Waals surface area contributed by atoms with Gasteiger partial charge < -0.3 is 4.90 Å². The monoisotopic (exact) mass is 236 g/mol. The number of carbonyl (C=O) groups excluding carboxylic acids is 1. The zero-order chi connectivity index (χ0) is 13.0. The van der Waals surface area contributed by atoms with E-state index in [0.717, 1.165) is 11.4 Å². The lowest BCUT2D eigenvalue weighted by Crippen LogP contribution is -2.32. The fraction of sp³-hybridized carbons (Fsp3) is 0.583. The highest BCUT2D eigenvalue weighted by Crippen LogP contribution is 2.09. The highest BCUT2D eigenvalue weighted by Gasteiger charge is 2.19. The van der Waals surface area contributed by atoms with Crippen LogP contribution in [0.3, 0.4) is 0 Å². The summed E-state index contributed by atoms with van der Waals surface area (Å²) < 4.78 is 0. The van der Waals surface area contributed by atoms with E-state index in [1.807, 2.05) is 27.7 Å². The van der Waals surface area contributed by atoms with Crippen LogP contribution in [0.25, 0.3) is 0 Å². The van der Waals surface area contributed by atoms with E-state index in [0.29, 0.717) is 13.1 Å². The number of hydrogen-bond acceptors (Lipinski definition) is 3. The zero-order valence-corrected chi connectivity index (χ0v) is 10.9. The van der Waals surface area contributed by atoms with Crippen molar-refractivity contribution in [2.75, 3.05) is 13.1 Å². The van der Waals surface area contributed by atoms with Gasteiger partial charge in [-0.25, -0.2) is 4.98 Å². The predicted octanol–water partition coefficient (Wildman–Crippen LogP) is 1.97. The Bertz CT molecular complexity index is 408. The molecule has 0 aliphatic rings. The molecule has 1 heterocycles. The topological polar surface area (TPSA) is 61.9 Å². The number of H-pyrrole nitrogens is 1. The molecule has 0 aliphatic heterocycles. The molecular weight excluding hydrogens is 216 g/mol. The Morgan fingerprint density at radius 1 is 1.53 bits per heavy atom. The Balaban J connectivity index is 2.82. The molecule has 1 rings (SSSR count). The number of nitrogens with zero attached hydrogens (tertiary/aromatic N) is 3. The molecule has 5 heteroatoms. The highest BCUT2D eigenvalue weighted by molar-refractivity contribution is 5.90. The Morgan fingerprint density at radius 2 is 2.18 bits per heavy atom. The minimum Gasteiger partial charge on any atom is -0.332 e. The fourth-order valence-corrected chi connectivity index (χ4v) is 1.42. The van der Waals surface area contributed by atoms with Gasteiger partial charge in [0.2, 0.25) is 5.82 Å². The number of nitrogens with one attached hydrogen (secondary N) is 1. The van der Waals surface area contributed by atoms with E-state index in [1.54, 1.807) is 4.90 Å². The van der Waals surface area contributed by atoms with Crippen molar-refractivity contribution >= 4 is 5.91 Å². The van der Waals surface area contributed by atoms with E-state index in [4.69, 9.17) is 0 Å². The second kappa shape index (κ2) is 5.61. The van der Waals surface area contributed by atoms with Gasteiger partial charge in [-0.1, -0.05) is 26.0 Å². The summed E-state index contributed by atoms with van der Waals surface area (Å²) in [5.41, 5.74) is 0.944. The quantitative estimate of drug-likeness (QED) is 0.795. The maximum atomic E-state index is 12.1. The molecule has 1 amide bonds. The van der Waals surface area contributed by atoms with Crippen molar-refractivity contribution in [1.29, 1.82) is 0 Å². The van der Waals surface area contributed by atoms with Crippen LogP contribution >= 0.6 is 0 Å². The average Bonchev–Trinajstić information content (AvgIpc) is 2.73. The van der Waals surface area contributed by atoms with Crippen LogP contribution < -0.4 is 0 Å². The summed E-state index contributed by atoms with van der Waals surface area (Å²) in [7, 11) is 0. The van der Waals surface area contributed by atoms with Gasteiger partial charge in [0.15, 0.2) is 0 Å². The molecule has 0 fully saturated rings. The summed E-state index contributed by atoms with van der Waals surface area (Å²) >= 11 is 0. The fourth-order valence-electron chi connectivity index (χ4n) is 1.42. The molecule has 0 aliphatic carbocycles. The molecule has 0 saturated carbocycles. The van der Waals surface area contributed by atoms with Crippen LogP contribution in [0.2, 0.25) is 0 Å². The van der Waals surface area contributed by atoms with Crippen molar-refractivity contribution in [2.24, 2.45) is 0 Å². The second-order valence-electron chi connectivity index (χ2n) is 4.48. The Labute approximate surface area is 102 Å². The molecular formula is C12H20N4O. The Kier molecular flexibility index (Phi) is 4.43. The maximum Gasteiger partial charge on any atom is 0.293 e. The van der Waals surface area contributed by atoms with Crippen LogP contribution in [0.4, 0.5) is 0 Å². The molecule has 0 unspecified atom stereocenters. The third-order valence-electron chi connectivity index (χ3n) is 2.37. The smallest absolute Gasteiger partial charge is 0.293 e. The SMILES string of the molecule is C=C(C)CN(CC)C(=O)c1n[nH]c(C(C)C)n1. The Morgan fingerprint density at radius 3 is 2.59 bits per heavy atom. The highest BCUT2D eigenvalue weighted by atomic mass is 16.2. The molecule has 0 spiro atoms. The van der Waals surface area contributed by atoms with E-state index in [2.05, 4.69) is 21.8 Å². The number of carbonyl (C=O) groups is 1. The van der Waals surface area contributed by atoms with Gasteiger partial charge in [-0.15, -0.1) is 5.10 Å². The van der Waals surface area contributed by atoms with Gasteiger partial charge >= 0.3 is 0 Å². The number of aromatic nitrogens is 3. The number of hydrogen-bond donors (Lipinski definition) is 1. The first-order valence-corrected chi connectivity index (χ1v) is 5.81. The molecule has 0 atom stereocenters. The van der Waals surface area contributed by atoms with Gasteiger partial charge in [-0.2, -0.15) is 0 Å². The zero-order valence-electron chi connectivity index (χ0n) is 10.9. The molecule has 0 aromatic carbocycles. The first-order chi connectivity index (χ1) is 7.95. The molecule has 17 heavy (non-hydrogen) atoms. The maximum absolute atomic E-state index is 12.1. The van der Waals surface area contributed by atoms with Crippen LogP contribution in [0, 0.1) is 0 Å². The van der Waals surface area contributed by atoms with Crippen molar-refractivity contribution in [2.45, 2.75) is 33.6 Å². The van der Waals surface area contributed by atoms with Crippen LogP contribution in [0.1, 0.15) is 50.1 Å². The van der Waals surface area contributed by atoms with Crippen molar-refractivity contribution in [3.05, 3.63) is 23.8 Å². The van der Waals surface area contributed by atoms with E-state index in [9.17, 15) is 4.79 Å². The van der Waals surface area contributed by atoms with Crippen LogP contribution in [-0.4, -0.2) is 39.1 Å². The van der Waals surface area contributed by atoms with Crippen LogP contribution in [0.5, 0.6) is 0 Å². The molecule has 5 nitrogen and oxygen atoms in total. The summed E-state index contributed by atoms with van der Waals surface area (Å²) in [5, 5.41) is 6.74. The van der Waals surface area contributed by atoms with E-state index in [-0.39, 0.29) is 17.6 Å². The molecule has 1 aromatic heterocycles. The van der Waals surface area contributed by atoms with Crippen molar-refractivity contribution in [1.82, 2.24) is 20.1 Å². The second-order valence-corrected chi connectivity index (χ2v) is 4.48. The third-order valence-corrected chi connectivity index (χ3v) is 2.37. The summed E-state index contributed by atoms with van der Waals surface area (Å²) in [6, 6.07) is 0. The van der Waals surface area contributed by atoms with Crippen molar-refractivity contribution in [3.8, 4) is 0 Å². The molecule has 0 bridgehead atoms. The normalized spacial score (nSPS) is 10.6. The third kappa shape index (κ3) is 3.41. The molecule has 0 radical (unpaired) electrons. The number of aromatic amines is 1. The minimum atomic E-state index is -0.154. The van der Waals surface area contributed by atoms with E-state index in [1.165, 1.54) is 0 Å². The number of amides is 1. The minimum absolute atomic E-state index is 0.154. The van der Waals surface area contributed by atoms with Gasteiger partial charge in [0.1, 0.15) is 5.82 Å². The van der Waals surface area contributed by atoms with Gasteiger partial charge in [-0.05, 0) is 13.8 Å². The van der Waals surface area contributed by atoms with Crippen LogP contribution in [-0.2, 0) is 0 Å². The van der Waals surface area contributed by atoms with Gasteiger partial charge in [0, 0.05) is 19.0 Å². The van der Waals surface area contributed by atoms with Gasteiger partial charge in [0.25, 0.3) is 5.91 Å². The number of likely N-dealkylation sites (N-methyl/N-ethyl adjacent to an activating group) is 1. The summed E-state index contributed by atoms with van der Waals surface area (Å²) in [4.78, 5) is 18.0. The Hall–Kier alpha value is -1.65. The lowest BCUT2D eigenvalue weighted by molar-refractivity contribution is 0.0766. The molecule has 94 valence electrons. The first kappa shape index (κ1) is 13.4. The average molecular weight is 236 g/mol. The van der Waals surface area contributed by atoms with Gasteiger partial charge in [0.05, 0.1) is 0 Å². The first-order valence-electron chi connectivity index (χ1n) is 5.81. The standard InChI is InChI=1S/C12H20N4O/c1-6-16(7-8(2)3)12(17)11-13-10(9(4)5)14-15-11/h9H,2,6-7H2,1,3-5H3,(H,13,14,15). The van der Waals surface area contributed by atoms with Crippen molar-refractivity contribution < 1.29 is 4.79 Å². The van der Waals surface area contributed by atoms with Crippen LogP contribution in [0.15, 0.2) is 12.2 Å². The molecule has 1 aromatic rings. The summed E-state index contributed by atoms with van der Waals surface area (Å²) in [6.45, 7) is 12.8. The number of rotatable bonds is 5. The van der Waals surface area contributed by atoms with Gasteiger partial charge in [-0.3, -0.25) is 9.89 Å². The van der Waals surface area contributed by atoms with Crippen molar-refractivity contribution in [3.63, 3.8) is 0 Å². The lowest BCUT2D eigenvalue weighted by Gasteiger charge is -2.18.